The topological polar surface area (TPSA) is 69.9 Å². The number of nitrogens with zero attached hydrogens (tertiary/aromatic N) is 4. The lowest BCUT2D eigenvalue weighted by Gasteiger charge is -2.32. The Morgan fingerprint density at radius 2 is 1.69 bits per heavy atom. The lowest BCUT2D eigenvalue weighted by Crippen LogP contribution is -2.47. The monoisotopic (exact) mass is 399 g/mol. The van der Waals surface area contributed by atoms with Crippen molar-refractivity contribution in [2.24, 2.45) is 0 Å². The number of imidazole rings is 1. The molecule has 0 unspecified atom stereocenters. The van der Waals surface area contributed by atoms with Crippen LogP contribution in [-0.4, -0.2) is 64.2 Å². The third-order valence-corrected chi connectivity index (χ3v) is 4.95. The number of fused-ring (bicyclic) bond motifs is 1. The first-order valence-electron chi connectivity index (χ1n) is 9.16. The zero-order valence-electron chi connectivity index (χ0n) is 15.7. The molecule has 0 radical (unpaired) electrons. The Kier molecular flexibility index (Phi) is 4.98. The number of benzene rings is 1. The number of hydrogen-bond donors (Lipinski definition) is 1. The molecule has 2 amide bonds. The standard InChI is InChI=1S/C20H19F2N5O2/c1-25-9-11-26(12-10-25)20(29)17-15-7-2-3-8-27(15)18(23-17)19(28)24-16-13(21)5-4-6-14(16)22/h2-8H,9-12H2,1H3,(H,24,28). The van der Waals surface area contributed by atoms with Gasteiger partial charge in [-0.05, 0) is 31.3 Å². The molecule has 9 heteroatoms. The Morgan fingerprint density at radius 3 is 2.38 bits per heavy atom. The van der Waals surface area contributed by atoms with Crippen LogP contribution in [0.1, 0.15) is 21.1 Å². The summed E-state index contributed by atoms with van der Waals surface area (Å²) < 4.78 is 29.2. The molecule has 4 rings (SSSR count). The Balaban J connectivity index is 1.69. The number of piperazine rings is 1. The number of anilines is 1. The predicted molar refractivity (Wildman–Crippen MR) is 103 cm³/mol. The number of hydrogen-bond acceptors (Lipinski definition) is 4. The van der Waals surface area contributed by atoms with Crippen LogP contribution in [0, 0.1) is 11.6 Å². The number of carbonyl (C=O) groups is 2. The summed E-state index contributed by atoms with van der Waals surface area (Å²) in [5, 5.41) is 2.22. The molecule has 0 aliphatic carbocycles. The van der Waals surface area contributed by atoms with Crippen LogP contribution in [0.2, 0.25) is 0 Å². The van der Waals surface area contributed by atoms with Gasteiger partial charge in [0.1, 0.15) is 17.3 Å². The molecule has 0 atom stereocenters. The van der Waals surface area contributed by atoms with Gasteiger partial charge in [-0.15, -0.1) is 0 Å². The minimum atomic E-state index is -0.895. The summed E-state index contributed by atoms with van der Waals surface area (Å²) in [7, 11) is 1.98. The average Bonchev–Trinajstić information content (AvgIpc) is 3.11. The van der Waals surface area contributed by atoms with Gasteiger partial charge in [-0.3, -0.25) is 14.0 Å². The molecule has 1 N–H and O–H groups in total. The lowest BCUT2D eigenvalue weighted by atomic mass is 10.2. The van der Waals surface area contributed by atoms with Gasteiger partial charge in [0.05, 0.1) is 5.52 Å². The zero-order valence-corrected chi connectivity index (χ0v) is 15.7. The van der Waals surface area contributed by atoms with Crippen molar-refractivity contribution in [2.75, 3.05) is 38.5 Å². The number of aromatic nitrogens is 2. The highest BCUT2D eigenvalue weighted by molar-refractivity contribution is 6.06. The first-order chi connectivity index (χ1) is 14.0. The molecular weight excluding hydrogens is 380 g/mol. The highest BCUT2D eigenvalue weighted by atomic mass is 19.1. The minimum Gasteiger partial charge on any atom is -0.335 e. The van der Waals surface area contributed by atoms with E-state index in [1.54, 1.807) is 29.3 Å². The third kappa shape index (κ3) is 3.56. The number of halogens is 2. The molecule has 7 nitrogen and oxygen atoms in total. The highest BCUT2D eigenvalue weighted by Gasteiger charge is 2.27. The summed E-state index contributed by atoms with van der Waals surface area (Å²) in [6.45, 7) is 2.61. The number of rotatable bonds is 3. The fraction of sp³-hybridized carbons (Fsp3) is 0.250. The van der Waals surface area contributed by atoms with Crippen molar-refractivity contribution in [1.82, 2.24) is 19.2 Å². The second kappa shape index (κ2) is 7.59. The van der Waals surface area contributed by atoms with E-state index in [2.05, 4.69) is 15.2 Å². The van der Waals surface area contributed by atoms with Crippen LogP contribution in [0.5, 0.6) is 0 Å². The maximum absolute atomic E-state index is 13.9. The van der Waals surface area contributed by atoms with Crippen molar-refractivity contribution in [3.8, 4) is 0 Å². The summed E-state index contributed by atoms with van der Waals surface area (Å²) >= 11 is 0. The van der Waals surface area contributed by atoms with Gasteiger partial charge in [0.25, 0.3) is 11.8 Å². The lowest BCUT2D eigenvalue weighted by molar-refractivity contribution is 0.0661. The van der Waals surface area contributed by atoms with Crippen LogP contribution in [0.3, 0.4) is 0 Å². The minimum absolute atomic E-state index is 0.124. The van der Waals surface area contributed by atoms with Crippen LogP contribution in [0.4, 0.5) is 14.5 Å². The number of amides is 2. The molecule has 1 fully saturated rings. The zero-order chi connectivity index (χ0) is 20.5. The normalized spacial score (nSPS) is 14.9. The van der Waals surface area contributed by atoms with Gasteiger partial charge in [0.15, 0.2) is 5.69 Å². The molecule has 3 heterocycles. The Bertz CT molecular complexity index is 1070. The average molecular weight is 399 g/mol. The molecule has 1 aromatic carbocycles. The molecule has 0 spiro atoms. The maximum atomic E-state index is 13.9. The first-order valence-corrected chi connectivity index (χ1v) is 9.16. The largest absolute Gasteiger partial charge is 0.335 e. The number of likely N-dealkylation sites (N-methyl/N-ethyl adjacent to an activating group) is 1. The molecule has 2 aromatic heterocycles. The van der Waals surface area contributed by atoms with Gasteiger partial charge in [0.2, 0.25) is 5.82 Å². The smallest absolute Gasteiger partial charge is 0.292 e. The fourth-order valence-electron chi connectivity index (χ4n) is 3.30. The molecule has 0 bridgehead atoms. The number of carbonyl (C=O) groups excluding carboxylic acids is 2. The summed E-state index contributed by atoms with van der Waals surface area (Å²) in [6, 6.07) is 8.39. The van der Waals surface area contributed by atoms with E-state index in [1.165, 1.54) is 10.5 Å². The molecule has 1 aliphatic heterocycles. The quantitative estimate of drug-likeness (QED) is 0.734. The fourth-order valence-corrected chi connectivity index (χ4v) is 3.30. The number of pyridine rings is 1. The predicted octanol–water partition coefficient (Wildman–Crippen LogP) is 2.25. The van der Waals surface area contributed by atoms with E-state index in [9.17, 15) is 18.4 Å². The van der Waals surface area contributed by atoms with Crippen LogP contribution in [-0.2, 0) is 0 Å². The van der Waals surface area contributed by atoms with Gasteiger partial charge in [-0.1, -0.05) is 12.1 Å². The Hall–Kier alpha value is -3.33. The van der Waals surface area contributed by atoms with Gasteiger partial charge >= 0.3 is 0 Å². The van der Waals surface area contributed by atoms with Crippen LogP contribution in [0.25, 0.3) is 5.52 Å². The second-order valence-corrected chi connectivity index (χ2v) is 6.89. The van der Waals surface area contributed by atoms with E-state index in [1.807, 2.05) is 7.05 Å². The van der Waals surface area contributed by atoms with Crippen molar-refractivity contribution < 1.29 is 18.4 Å². The van der Waals surface area contributed by atoms with Crippen LogP contribution < -0.4 is 5.32 Å². The van der Waals surface area contributed by atoms with E-state index in [0.29, 0.717) is 18.6 Å². The van der Waals surface area contributed by atoms with Crippen molar-refractivity contribution >= 4 is 23.0 Å². The maximum Gasteiger partial charge on any atom is 0.292 e. The summed E-state index contributed by atoms with van der Waals surface area (Å²) in [4.78, 5) is 33.8. The Labute approximate surface area is 165 Å². The van der Waals surface area contributed by atoms with Crippen LogP contribution >= 0.6 is 0 Å². The summed E-state index contributed by atoms with van der Waals surface area (Å²) in [6.07, 6.45) is 1.58. The SMILES string of the molecule is CN1CCN(C(=O)c2nc(C(=O)Nc3c(F)cccc3F)n3ccccc23)CC1. The molecule has 0 saturated carbocycles. The van der Waals surface area contributed by atoms with E-state index in [-0.39, 0.29) is 17.4 Å². The summed E-state index contributed by atoms with van der Waals surface area (Å²) in [5.74, 6) is -3.01. The molecule has 29 heavy (non-hydrogen) atoms. The van der Waals surface area contributed by atoms with Crippen molar-refractivity contribution in [3.63, 3.8) is 0 Å². The van der Waals surface area contributed by atoms with E-state index in [0.717, 1.165) is 25.2 Å². The number of para-hydroxylation sites is 1. The number of nitrogens with one attached hydrogen (secondary N) is 1. The second-order valence-electron chi connectivity index (χ2n) is 6.89. The highest BCUT2D eigenvalue weighted by Crippen LogP contribution is 2.21. The molecule has 3 aromatic rings. The van der Waals surface area contributed by atoms with Gasteiger partial charge < -0.3 is 15.1 Å². The molecule has 1 saturated heterocycles. The third-order valence-electron chi connectivity index (χ3n) is 4.95. The molecule has 1 aliphatic rings. The van der Waals surface area contributed by atoms with E-state index >= 15 is 0 Å². The van der Waals surface area contributed by atoms with Crippen molar-refractivity contribution in [3.05, 3.63) is 65.7 Å². The Morgan fingerprint density at radius 1 is 1.00 bits per heavy atom. The summed E-state index contributed by atoms with van der Waals surface area (Å²) in [5.41, 5.74) is 0.0296. The van der Waals surface area contributed by atoms with Gasteiger partial charge in [-0.25, -0.2) is 13.8 Å². The first kappa shape index (κ1) is 19.0. The molecular formula is C20H19F2N5O2. The molecule has 150 valence electrons. The van der Waals surface area contributed by atoms with E-state index < -0.39 is 23.2 Å². The van der Waals surface area contributed by atoms with Crippen molar-refractivity contribution in [1.29, 1.82) is 0 Å². The van der Waals surface area contributed by atoms with E-state index in [4.69, 9.17) is 0 Å². The van der Waals surface area contributed by atoms with Gasteiger partial charge in [0, 0.05) is 32.4 Å². The van der Waals surface area contributed by atoms with Gasteiger partial charge in [-0.2, -0.15) is 0 Å². The van der Waals surface area contributed by atoms with Crippen molar-refractivity contribution in [2.45, 2.75) is 0 Å². The van der Waals surface area contributed by atoms with Crippen LogP contribution in [0.15, 0.2) is 42.6 Å².